The fourth-order valence-corrected chi connectivity index (χ4v) is 4.44. The van der Waals surface area contributed by atoms with Gasteiger partial charge in [0, 0.05) is 18.1 Å². The van der Waals surface area contributed by atoms with E-state index in [0.29, 0.717) is 0 Å². The highest BCUT2D eigenvalue weighted by Crippen LogP contribution is 2.34. The van der Waals surface area contributed by atoms with Crippen molar-refractivity contribution in [2.24, 2.45) is 11.8 Å². The first kappa shape index (κ1) is 12.9. The summed E-state index contributed by atoms with van der Waals surface area (Å²) in [6.07, 6.45) is 11.5. The number of nitrogens with zero attached hydrogens (tertiary/aromatic N) is 1. The van der Waals surface area contributed by atoms with Gasteiger partial charge in [0.15, 0.2) is 0 Å². The molecule has 3 aliphatic rings. The Hall–Kier alpha value is -0.0800. The number of rotatable bonds is 3. The average Bonchev–Trinajstić information content (AvgIpc) is 2.62. The summed E-state index contributed by atoms with van der Waals surface area (Å²) in [4.78, 5) is 2.64. The lowest BCUT2D eigenvalue weighted by atomic mass is 9.83. The third kappa shape index (κ3) is 2.75. The zero-order chi connectivity index (χ0) is 12.5. The normalized spacial score (nSPS) is 45.3. The van der Waals surface area contributed by atoms with Crippen LogP contribution in [0.15, 0.2) is 0 Å². The predicted octanol–water partition coefficient (Wildman–Crippen LogP) is 3.03. The molecule has 104 valence electrons. The van der Waals surface area contributed by atoms with Crippen LogP contribution in [0.2, 0.25) is 0 Å². The van der Waals surface area contributed by atoms with Gasteiger partial charge in [-0.05, 0) is 64.0 Å². The van der Waals surface area contributed by atoms with Crippen LogP contribution in [0.5, 0.6) is 0 Å². The average molecular weight is 250 g/mol. The molecule has 2 aliphatic heterocycles. The molecule has 0 amide bonds. The van der Waals surface area contributed by atoms with Crippen molar-refractivity contribution in [3.05, 3.63) is 0 Å². The lowest BCUT2D eigenvalue weighted by Crippen LogP contribution is -2.48. The Labute approximate surface area is 113 Å². The van der Waals surface area contributed by atoms with E-state index < -0.39 is 0 Å². The maximum Gasteiger partial charge on any atom is 0.0111 e. The molecule has 1 N–H and O–H groups in total. The Bertz CT molecular complexity index is 256. The van der Waals surface area contributed by atoms with E-state index in [1.54, 1.807) is 0 Å². The van der Waals surface area contributed by atoms with Gasteiger partial charge in [-0.15, -0.1) is 0 Å². The third-order valence-electron chi connectivity index (χ3n) is 5.93. The number of hydrogen-bond donors (Lipinski definition) is 1. The lowest BCUT2D eigenvalue weighted by Gasteiger charge is -2.37. The second kappa shape index (κ2) is 5.50. The molecule has 2 atom stereocenters. The highest BCUT2D eigenvalue weighted by atomic mass is 15.2. The molecule has 0 spiro atoms. The third-order valence-corrected chi connectivity index (χ3v) is 5.93. The van der Waals surface area contributed by atoms with Gasteiger partial charge in [0.1, 0.15) is 0 Å². The van der Waals surface area contributed by atoms with Crippen molar-refractivity contribution in [2.45, 2.75) is 76.4 Å². The molecule has 0 aromatic heterocycles. The maximum atomic E-state index is 3.90. The van der Waals surface area contributed by atoms with Crippen molar-refractivity contribution in [1.29, 1.82) is 0 Å². The SMILES string of the molecule is CC1CCC(CNC2CC3CCC(C2)N3C)CC1. The Kier molecular flexibility index (Phi) is 3.95. The summed E-state index contributed by atoms with van der Waals surface area (Å²) in [5.41, 5.74) is 0. The van der Waals surface area contributed by atoms with Crippen molar-refractivity contribution >= 4 is 0 Å². The Morgan fingerprint density at radius 3 is 2.17 bits per heavy atom. The molecule has 0 aromatic rings. The summed E-state index contributed by atoms with van der Waals surface area (Å²) >= 11 is 0. The highest BCUT2D eigenvalue weighted by Gasteiger charge is 2.38. The minimum absolute atomic E-state index is 0.818. The lowest BCUT2D eigenvalue weighted by molar-refractivity contribution is 0.143. The standard InChI is InChI=1S/C16H30N2/c1-12-3-5-13(6-4-12)11-17-14-9-15-7-8-16(10-14)18(15)2/h12-17H,3-11H2,1-2H3. The minimum atomic E-state index is 0.818. The molecule has 2 unspecified atom stereocenters. The zero-order valence-electron chi connectivity index (χ0n) is 12.2. The minimum Gasteiger partial charge on any atom is -0.314 e. The zero-order valence-corrected chi connectivity index (χ0v) is 12.2. The molecule has 2 nitrogen and oxygen atoms in total. The molecular weight excluding hydrogens is 220 g/mol. The van der Waals surface area contributed by atoms with Crippen LogP contribution in [0.4, 0.5) is 0 Å². The van der Waals surface area contributed by atoms with E-state index >= 15 is 0 Å². The van der Waals surface area contributed by atoms with Crippen molar-refractivity contribution in [3.63, 3.8) is 0 Å². The van der Waals surface area contributed by atoms with Crippen LogP contribution < -0.4 is 5.32 Å². The Morgan fingerprint density at radius 2 is 1.56 bits per heavy atom. The molecule has 2 heteroatoms. The van der Waals surface area contributed by atoms with Crippen molar-refractivity contribution in [1.82, 2.24) is 10.2 Å². The van der Waals surface area contributed by atoms with Crippen LogP contribution >= 0.6 is 0 Å². The predicted molar refractivity (Wildman–Crippen MR) is 76.7 cm³/mol. The second-order valence-corrected chi connectivity index (χ2v) is 7.25. The number of hydrogen-bond acceptors (Lipinski definition) is 2. The second-order valence-electron chi connectivity index (χ2n) is 7.25. The topological polar surface area (TPSA) is 15.3 Å². The van der Waals surface area contributed by atoms with Gasteiger partial charge in [0.2, 0.25) is 0 Å². The molecule has 3 fully saturated rings. The van der Waals surface area contributed by atoms with Gasteiger partial charge in [-0.25, -0.2) is 0 Å². The fourth-order valence-electron chi connectivity index (χ4n) is 4.44. The van der Waals surface area contributed by atoms with Crippen molar-refractivity contribution < 1.29 is 0 Å². The highest BCUT2D eigenvalue weighted by molar-refractivity contribution is 4.96. The van der Waals surface area contributed by atoms with E-state index in [9.17, 15) is 0 Å². The van der Waals surface area contributed by atoms with Gasteiger partial charge in [0.25, 0.3) is 0 Å². The van der Waals surface area contributed by atoms with E-state index in [1.807, 2.05) is 0 Å². The van der Waals surface area contributed by atoms with Gasteiger partial charge in [-0.1, -0.05) is 19.8 Å². The van der Waals surface area contributed by atoms with E-state index in [4.69, 9.17) is 0 Å². The summed E-state index contributed by atoms with van der Waals surface area (Å²) in [5, 5.41) is 3.90. The summed E-state index contributed by atoms with van der Waals surface area (Å²) in [6.45, 7) is 3.71. The molecule has 18 heavy (non-hydrogen) atoms. The first-order valence-electron chi connectivity index (χ1n) is 8.17. The van der Waals surface area contributed by atoms with E-state index in [1.165, 1.54) is 57.9 Å². The van der Waals surface area contributed by atoms with Gasteiger partial charge in [-0.2, -0.15) is 0 Å². The summed E-state index contributed by atoms with van der Waals surface area (Å²) in [7, 11) is 2.33. The summed E-state index contributed by atoms with van der Waals surface area (Å²) < 4.78 is 0. The van der Waals surface area contributed by atoms with E-state index in [-0.39, 0.29) is 0 Å². The number of nitrogens with one attached hydrogen (secondary N) is 1. The van der Waals surface area contributed by atoms with Crippen LogP contribution in [0, 0.1) is 11.8 Å². The monoisotopic (exact) mass is 250 g/mol. The van der Waals surface area contributed by atoms with Crippen LogP contribution in [0.1, 0.15) is 58.3 Å². The maximum absolute atomic E-state index is 3.90. The van der Waals surface area contributed by atoms with Gasteiger partial charge in [0.05, 0.1) is 0 Å². The van der Waals surface area contributed by atoms with E-state index in [2.05, 4.69) is 24.2 Å². The Morgan fingerprint density at radius 1 is 0.944 bits per heavy atom. The molecule has 2 bridgehead atoms. The van der Waals surface area contributed by atoms with Crippen LogP contribution in [0.3, 0.4) is 0 Å². The van der Waals surface area contributed by atoms with Gasteiger partial charge in [-0.3, -0.25) is 0 Å². The first-order valence-corrected chi connectivity index (χ1v) is 8.17. The molecule has 2 saturated heterocycles. The molecule has 0 aromatic carbocycles. The van der Waals surface area contributed by atoms with Gasteiger partial charge >= 0.3 is 0 Å². The van der Waals surface area contributed by atoms with E-state index in [0.717, 1.165) is 30.0 Å². The van der Waals surface area contributed by atoms with Crippen LogP contribution in [-0.2, 0) is 0 Å². The number of piperidine rings is 1. The summed E-state index contributed by atoms with van der Waals surface area (Å²) in [6, 6.07) is 2.58. The summed E-state index contributed by atoms with van der Waals surface area (Å²) in [5.74, 6) is 1.96. The van der Waals surface area contributed by atoms with Crippen LogP contribution in [-0.4, -0.2) is 36.6 Å². The smallest absolute Gasteiger partial charge is 0.0111 e. The Balaban J connectivity index is 1.42. The van der Waals surface area contributed by atoms with Crippen molar-refractivity contribution in [3.8, 4) is 0 Å². The number of fused-ring (bicyclic) bond motifs is 2. The molecule has 3 rings (SSSR count). The van der Waals surface area contributed by atoms with Crippen LogP contribution in [0.25, 0.3) is 0 Å². The molecular formula is C16H30N2. The molecule has 2 heterocycles. The largest absolute Gasteiger partial charge is 0.314 e. The molecule has 1 aliphatic carbocycles. The molecule has 1 saturated carbocycles. The fraction of sp³-hybridized carbons (Fsp3) is 1.00. The van der Waals surface area contributed by atoms with Gasteiger partial charge < -0.3 is 10.2 Å². The first-order chi connectivity index (χ1) is 8.72. The molecule has 0 radical (unpaired) electrons. The van der Waals surface area contributed by atoms with Crippen molar-refractivity contribution in [2.75, 3.05) is 13.6 Å². The quantitative estimate of drug-likeness (QED) is 0.828.